The minimum Gasteiger partial charge on any atom is -0.313 e. The Morgan fingerprint density at radius 2 is 2.08 bits per heavy atom. The normalized spacial score (nSPS) is 22.5. The highest BCUT2D eigenvalue weighted by Crippen LogP contribution is 2.53. The van der Waals surface area contributed by atoms with E-state index >= 15 is 0 Å². The molecule has 0 aliphatic carbocycles. The number of halogens is 4. The van der Waals surface area contributed by atoms with Crippen LogP contribution in [0.15, 0.2) is 47.1 Å². The number of allylic oxidation sites excluding steroid dienone is 2. The topological polar surface area (TPSA) is 47.9 Å². The SMILES string of the molecule is CC(C)NCC1(C(F)(F)F)C2=CC=CN(O)C2=Nc2ccc(Cl)cc21. The number of benzene rings is 1. The van der Waals surface area contributed by atoms with Gasteiger partial charge in [0.05, 0.1) is 5.69 Å². The summed E-state index contributed by atoms with van der Waals surface area (Å²) in [7, 11) is 0. The maximum atomic E-state index is 14.5. The van der Waals surface area contributed by atoms with Crippen molar-refractivity contribution >= 4 is 23.1 Å². The third kappa shape index (κ3) is 2.86. The first-order valence-corrected chi connectivity index (χ1v) is 8.11. The molecule has 0 saturated heterocycles. The largest absolute Gasteiger partial charge is 0.403 e. The van der Waals surface area contributed by atoms with E-state index in [-0.39, 0.29) is 33.7 Å². The van der Waals surface area contributed by atoms with Gasteiger partial charge >= 0.3 is 6.18 Å². The number of hydroxylamine groups is 2. The first-order valence-electron chi connectivity index (χ1n) is 7.73. The third-order valence-corrected chi connectivity index (χ3v) is 4.55. The zero-order valence-corrected chi connectivity index (χ0v) is 14.4. The molecule has 1 aromatic carbocycles. The predicted octanol–water partition coefficient (Wildman–Crippen LogP) is 4.33. The fourth-order valence-electron chi connectivity index (χ4n) is 3.09. The number of nitrogens with zero attached hydrogens (tertiary/aromatic N) is 2. The molecule has 0 fully saturated rings. The van der Waals surface area contributed by atoms with E-state index in [9.17, 15) is 18.4 Å². The smallest absolute Gasteiger partial charge is 0.313 e. The van der Waals surface area contributed by atoms with Crippen molar-refractivity contribution in [3.8, 4) is 0 Å². The molecule has 2 aliphatic heterocycles. The predicted molar refractivity (Wildman–Crippen MR) is 90.3 cm³/mol. The quantitative estimate of drug-likeness (QED) is 0.831. The summed E-state index contributed by atoms with van der Waals surface area (Å²) in [6, 6.07) is 4.06. The molecule has 1 aromatic rings. The van der Waals surface area contributed by atoms with E-state index in [1.807, 2.05) is 0 Å². The van der Waals surface area contributed by atoms with Crippen molar-refractivity contribution in [3.05, 3.63) is 52.7 Å². The van der Waals surface area contributed by atoms with Gasteiger partial charge < -0.3 is 5.32 Å². The molecule has 134 valence electrons. The Kier molecular flexibility index (Phi) is 4.43. The van der Waals surface area contributed by atoms with Crippen LogP contribution in [0.25, 0.3) is 0 Å². The van der Waals surface area contributed by atoms with Crippen molar-refractivity contribution in [2.75, 3.05) is 6.54 Å². The summed E-state index contributed by atoms with van der Waals surface area (Å²) >= 11 is 5.99. The fourth-order valence-corrected chi connectivity index (χ4v) is 3.27. The number of fused-ring (bicyclic) bond motifs is 2. The van der Waals surface area contributed by atoms with Crippen LogP contribution >= 0.6 is 11.6 Å². The zero-order chi connectivity index (χ0) is 18.4. The first kappa shape index (κ1) is 18.0. The van der Waals surface area contributed by atoms with Gasteiger partial charge in [-0.25, -0.2) is 10.1 Å². The van der Waals surface area contributed by atoms with E-state index in [1.54, 1.807) is 13.8 Å². The van der Waals surface area contributed by atoms with Crippen LogP contribution in [0.4, 0.5) is 18.9 Å². The molecule has 2 aliphatic rings. The molecular weight excluding hydrogens is 355 g/mol. The van der Waals surface area contributed by atoms with Gasteiger partial charge in [0.25, 0.3) is 0 Å². The highest BCUT2D eigenvalue weighted by molar-refractivity contribution is 6.30. The number of amidine groups is 1. The minimum atomic E-state index is -4.63. The Labute approximate surface area is 148 Å². The van der Waals surface area contributed by atoms with Crippen LogP contribution in [0.2, 0.25) is 5.02 Å². The molecule has 2 N–H and O–H groups in total. The lowest BCUT2D eigenvalue weighted by Gasteiger charge is -2.43. The van der Waals surface area contributed by atoms with Gasteiger partial charge in [-0.2, -0.15) is 13.2 Å². The fraction of sp³-hybridized carbons (Fsp3) is 0.353. The van der Waals surface area contributed by atoms with Gasteiger partial charge in [0.2, 0.25) is 0 Å². The van der Waals surface area contributed by atoms with Crippen molar-refractivity contribution in [1.29, 1.82) is 0 Å². The summed E-state index contributed by atoms with van der Waals surface area (Å²) < 4.78 is 43.4. The maximum absolute atomic E-state index is 14.5. The zero-order valence-electron chi connectivity index (χ0n) is 13.6. The Balaban J connectivity index is 2.32. The Bertz CT molecular complexity index is 786. The van der Waals surface area contributed by atoms with E-state index in [0.717, 1.165) is 0 Å². The monoisotopic (exact) mass is 371 g/mol. The van der Waals surface area contributed by atoms with E-state index < -0.39 is 18.1 Å². The minimum absolute atomic E-state index is 0.0284. The summed E-state index contributed by atoms with van der Waals surface area (Å²) in [5.41, 5.74) is -2.39. The first-order chi connectivity index (χ1) is 11.7. The molecule has 0 spiro atoms. The molecule has 0 bridgehead atoms. The van der Waals surface area contributed by atoms with E-state index in [2.05, 4.69) is 10.3 Å². The number of hydrogen-bond acceptors (Lipinski definition) is 4. The van der Waals surface area contributed by atoms with E-state index in [1.165, 1.54) is 36.6 Å². The summed E-state index contributed by atoms with van der Waals surface area (Å²) in [4.78, 5) is 4.21. The van der Waals surface area contributed by atoms with Gasteiger partial charge in [0.1, 0.15) is 5.41 Å². The molecule has 0 saturated carbocycles. The molecule has 25 heavy (non-hydrogen) atoms. The van der Waals surface area contributed by atoms with Crippen molar-refractivity contribution in [2.24, 2.45) is 4.99 Å². The van der Waals surface area contributed by atoms with Gasteiger partial charge in [-0.05, 0) is 24.3 Å². The second-order valence-corrected chi connectivity index (χ2v) is 6.74. The number of nitrogens with one attached hydrogen (secondary N) is 1. The summed E-state index contributed by atoms with van der Waals surface area (Å²) in [6.45, 7) is 3.15. The van der Waals surface area contributed by atoms with Gasteiger partial charge in [0, 0.05) is 34.9 Å². The molecule has 1 atom stereocenters. The van der Waals surface area contributed by atoms with Crippen molar-refractivity contribution < 1.29 is 18.4 Å². The van der Waals surface area contributed by atoms with Crippen molar-refractivity contribution in [2.45, 2.75) is 31.5 Å². The van der Waals surface area contributed by atoms with Gasteiger partial charge in [-0.3, -0.25) is 5.21 Å². The third-order valence-electron chi connectivity index (χ3n) is 4.31. The Morgan fingerprint density at radius 1 is 1.36 bits per heavy atom. The molecule has 0 amide bonds. The van der Waals surface area contributed by atoms with Crippen LogP contribution in [0.3, 0.4) is 0 Å². The van der Waals surface area contributed by atoms with E-state index in [0.29, 0.717) is 5.06 Å². The van der Waals surface area contributed by atoms with Gasteiger partial charge in [-0.15, -0.1) is 0 Å². The summed E-state index contributed by atoms with van der Waals surface area (Å²) in [5.74, 6) is -0.139. The number of alkyl halides is 3. The molecule has 0 aromatic heterocycles. The lowest BCUT2D eigenvalue weighted by molar-refractivity contribution is -0.177. The molecule has 1 unspecified atom stereocenters. The van der Waals surface area contributed by atoms with Crippen LogP contribution in [0.5, 0.6) is 0 Å². The van der Waals surface area contributed by atoms with Crippen LogP contribution in [0.1, 0.15) is 19.4 Å². The molecule has 3 rings (SSSR count). The average Bonchev–Trinajstić information content (AvgIpc) is 2.51. The second kappa shape index (κ2) is 6.16. The van der Waals surface area contributed by atoms with E-state index in [4.69, 9.17) is 11.6 Å². The Morgan fingerprint density at radius 3 is 2.72 bits per heavy atom. The lowest BCUT2D eigenvalue weighted by atomic mass is 9.69. The Hall–Kier alpha value is -1.83. The molecule has 2 heterocycles. The highest BCUT2D eigenvalue weighted by Gasteiger charge is 2.62. The van der Waals surface area contributed by atoms with Gasteiger partial charge in [0.15, 0.2) is 5.84 Å². The molecule has 8 heteroatoms. The maximum Gasteiger partial charge on any atom is 0.403 e. The summed E-state index contributed by atoms with van der Waals surface area (Å²) in [5, 5.41) is 13.7. The van der Waals surface area contributed by atoms with Crippen LogP contribution in [0, 0.1) is 0 Å². The number of hydrogen-bond donors (Lipinski definition) is 2. The lowest BCUT2D eigenvalue weighted by Crippen LogP contribution is -2.56. The molecule has 0 radical (unpaired) electrons. The van der Waals surface area contributed by atoms with Crippen LogP contribution in [-0.2, 0) is 5.41 Å². The summed E-state index contributed by atoms with van der Waals surface area (Å²) in [6.07, 6.45) is -0.682. The molecular formula is C17H17ClF3N3O. The van der Waals surface area contributed by atoms with Crippen molar-refractivity contribution in [1.82, 2.24) is 10.4 Å². The number of rotatable bonds is 3. The van der Waals surface area contributed by atoms with Crippen molar-refractivity contribution in [3.63, 3.8) is 0 Å². The van der Waals surface area contributed by atoms with Gasteiger partial charge in [-0.1, -0.05) is 31.5 Å². The average molecular weight is 372 g/mol. The second-order valence-electron chi connectivity index (χ2n) is 6.30. The highest BCUT2D eigenvalue weighted by atomic mass is 35.5. The standard InChI is InChI=1S/C17H17ClF3N3O/c1-10(2)22-9-16(17(19,20)21)12-4-3-7-24(25)15(12)23-14-6-5-11(18)8-13(14)16/h3-8,10,22,25H,9H2,1-2H3. The van der Waals surface area contributed by atoms with Crippen LogP contribution < -0.4 is 5.32 Å². The van der Waals surface area contributed by atoms with Crippen LogP contribution in [-0.4, -0.2) is 34.9 Å². The molecule has 4 nitrogen and oxygen atoms in total. The number of aliphatic imine (C=N–C) groups is 1.